The lowest BCUT2D eigenvalue weighted by molar-refractivity contribution is 0.414. The molecule has 0 saturated carbocycles. The molecule has 0 aliphatic carbocycles. The molecule has 0 heterocycles. The zero-order chi connectivity index (χ0) is 14.3. The van der Waals surface area contributed by atoms with E-state index in [0.717, 1.165) is 5.75 Å². The third-order valence-corrected chi connectivity index (χ3v) is 2.94. The van der Waals surface area contributed by atoms with Crippen LogP contribution in [0.3, 0.4) is 0 Å². The fourth-order valence-corrected chi connectivity index (χ4v) is 1.65. The van der Waals surface area contributed by atoms with E-state index in [2.05, 4.69) is 42.9 Å². The highest BCUT2D eigenvalue weighted by Gasteiger charge is 2.20. The average Bonchev–Trinajstić information content (AvgIpc) is 2.43. The Balaban J connectivity index is 0.00000361. The molecule has 0 aliphatic heterocycles. The van der Waals surface area contributed by atoms with Crippen molar-refractivity contribution < 1.29 is 4.74 Å². The maximum Gasteiger partial charge on any atom is 0.188 e. The molecule has 4 nitrogen and oxygen atoms in total. The largest absolute Gasteiger partial charge is 0.497 e. The number of hydrogen-bond donors (Lipinski definition) is 2. The van der Waals surface area contributed by atoms with E-state index in [9.17, 15) is 0 Å². The van der Waals surface area contributed by atoms with Crippen molar-refractivity contribution in [3.8, 4) is 5.75 Å². The Morgan fingerprint density at radius 2 is 2.00 bits per heavy atom. The van der Waals surface area contributed by atoms with Crippen LogP contribution in [0.5, 0.6) is 5.75 Å². The lowest BCUT2D eigenvalue weighted by Crippen LogP contribution is -2.33. The lowest BCUT2D eigenvalue weighted by atomic mass is 9.85. The number of nitrogens with one attached hydrogen (secondary N) is 1. The van der Waals surface area contributed by atoms with Crippen molar-refractivity contribution in [1.82, 2.24) is 5.32 Å². The molecule has 0 unspecified atom stereocenters. The van der Waals surface area contributed by atoms with E-state index in [4.69, 9.17) is 10.5 Å². The van der Waals surface area contributed by atoms with Gasteiger partial charge in [-0.25, -0.2) is 0 Å². The molecule has 0 spiro atoms. The van der Waals surface area contributed by atoms with Gasteiger partial charge >= 0.3 is 0 Å². The van der Waals surface area contributed by atoms with Gasteiger partial charge in [0.2, 0.25) is 0 Å². The molecule has 3 N–H and O–H groups in total. The van der Waals surface area contributed by atoms with Gasteiger partial charge in [-0.2, -0.15) is 0 Å². The molecular weight excluding hydrogens is 365 g/mol. The second kappa shape index (κ2) is 8.84. The normalized spacial score (nSPS) is 11.4. The van der Waals surface area contributed by atoms with Gasteiger partial charge in [0, 0.05) is 12.0 Å². The first-order valence-electron chi connectivity index (χ1n) is 6.29. The Morgan fingerprint density at radius 3 is 2.50 bits per heavy atom. The van der Waals surface area contributed by atoms with Crippen molar-refractivity contribution in [1.29, 1.82) is 0 Å². The monoisotopic (exact) mass is 389 g/mol. The fraction of sp³-hybridized carbons (Fsp3) is 0.400. The van der Waals surface area contributed by atoms with Gasteiger partial charge in [0.25, 0.3) is 0 Å². The number of benzene rings is 1. The van der Waals surface area contributed by atoms with Crippen molar-refractivity contribution in [3.05, 3.63) is 42.5 Å². The Morgan fingerprint density at radius 1 is 1.40 bits per heavy atom. The van der Waals surface area contributed by atoms with Crippen LogP contribution in [-0.4, -0.2) is 26.2 Å². The van der Waals surface area contributed by atoms with Crippen LogP contribution in [0.4, 0.5) is 0 Å². The smallest absolute Gasteiger partial charge is 0.188 e. The molecule has 1 rings (SSSR count). The number of aliphatic imine (C=N–C) groups is 1. The number of methoxy groups -OCH3 is 1. The summed E-state index contributed by atoms with van der Waals surface area (Å²) < 4.78 is 5.16. The predicted molar refractivity (Wildman–Crippen MR) is 96.1 cm³/mol. The number of nitrogens with two attached hydrogens (primary N) is 1. The second-order valence-corrected chi connectivity index (χ2v) is 4.98. The molecule has 0 radical (unpaired) electrons. The first-order valence-corrected chi connectivity index (χ1v) is 6.29. The van der Waals surface area contributed by atoms with E-state index >= 15 is 0 Å². The van der Waals surface area contributed by atoms with E-state index < -0.39 is 0 Å². The number of nitrogens with zero attached hydrogens (tertiary/aromatic N) is 1. The van der Waals surface area contributed by atoms with Crippen LogP contribution in [0.1, 0.15) is 19.4 Å². The van der Waals surface area contributed by atoms with Crippen LogP contribution in [0.25, 0.3) is 0 Å². The van der Waals surface area contributed by atoms with Crippen LogP contribution >= 0.6 is 24.0 Å². The van der Waals surface area contributed by atoms with E-state index in [0.29, 0.717) is 19.0 Å². The van der Waals surface area contributed by atoms with Gasteiger partial charge in [-0.05, 0) is 17.7 Å². The van der Waals surface area contributed by atoms with Gasteiger partial charge < -0.3 is 15.8 Å². The number of hydrogen-bond acceptors (Lipinski definition) is 2. The highest BCUT2D eigenvalue weighted by atomic mass is 127. The van der Waals surface area contributed by atoms with Gasteiger partial charge in [0.05, 0.1) is 13.7 Å². The highest BCUT2D eigenvalue weighted by molar-refractivity contribution is 14.0. The summed E-state index contributed by atoms with van der Waals surface area (Å²) in [5.41, 5.74) is 6.89. The van der Waals surface area contributed by atoms with Crippen molar-refractivity contribution >= 4 is 29.9 Å². The Hall–Kier alpha value is -1.24. The fourth-order valence-electron chi connectivity index (χ4n) is 1.65. The number of halogens is 1. The molecule has 20 heavy (non-hydrogen) atoms. The van der Waals surface area contributed by atoms with Gasteiger partial charge in [0.1, 0.15) is 5.75 Å². The topological polar surface area (TPSA) is 59.6 Å². The SMILES string of the molecule is C=CCNC(N)=NCC(C)(C)c1ccc(OC)cc1.I. The van der Waals surface area contributed by atoms with Crippen LogP contribution in [0, 0.1) is 0 Å². The molecule has 0 atom stereocenters. The van der Waals surface area contributed by atoms with Crippen LogP contribution in [0.15, 0.2) is 41.9 Å². The van der Waals surface area contributed by atoms with Gasteiger partial charge in [0.15, 0.2) is 5.96 Å². The van der Waals surface area contributed by atoms with Crippen LogP contribution < -0.4 is 15.8 Å². The van der Waals surface area contributed by atoms with E-state index in [1.54, 1.807) is 13.2 Å². The molecule has 0 aliphatic rings. The maximum atomic E-state index is 5.76. The van der Waals surface area contributed by atoms with Crippen molar-refractivity contribution in [2.24, 2.45) is 10.7 Å². The summed E-state index contributed by atoms with van der Waals surface area (Å²) in [4.78, 5) is 4.36. The van der Waals surface area contributed by atoms with Crippen LogP contribution in [-0.2, 0) is 5.41 Å². The molecule has 112 valence electrons. The standard InChI is InChI=1S/C15H23N3O.HI/c1-5-10-17-14(16)18-11-15(2,3)12-6-8-13(19-4)9-7-12;/h5-9H,1,10-11H2,2-4H3,(H3,16,17,18);1H. The van der Waals surface area contributed by atoms with E-state index in [1.165, 1.54) is 5.56 Å². The third-order valence-electron chi connectivity index (χ3n) is 2.94. The molecule has 1 aromatic rings. The Bertz CT molecular complexity index is 441. The molecule has 0 fully saturated rings. The minimum Gasteiger partial charge on any atom is -0.497 e. The first-order chi connectivity index (χ1) is 8.99. The Labute approximate surface area is 138 Å². The van der Waals surface area contributed by atoms with E-state index in [-0.39, 0.29) is 29.4 Å². The summed E-state index contributed by atoms with van der Waals surface area (Å²) in [6, 6.07) is 8.03. The predicted octanol–water partition coefficient (Wildman–Crippen LogP) is 2.68. The molecule has 0 bridgehead atoms. The van der Waals surface area contributed by atoms with Crippen molar-refractivity contribution in [2.45, 2.75) is 19.3 Å². The highest BCUT2D eigenvalue weighted by Crippen LogP contribution is 2.25. The third kappa shape index (κ3) is 5.81. The lowest BCUT2D eigenvalue weighted by Gasteiger charge is -2.23. The number of ether oxygens (including phenoxy) is 1. The molecule has 5 heteroatoms. The second-order valence-electron chi connectivity index (χ2n) is 4.98. The Kier molecular flexibility index (Phi) is 8.29. The number of guanidine groups is 1. The van der Waals surface area contributed by atoms with Gasteiger partial charge in [-0.3, -0.25) is 4.99 Å². The molecule has 0 aromatic heterocycles. The van der Waals surface area contributed by atoms with E-state index in [1.807, 2.05) is 12.1 Å². The average molecular weight is 389 g/mol. The molecular formula is C15H24IN3O. The quantitative estimate of drug-likeness (QED) is 0.341. The minimum absolute atomic E-state index is 0. The summed E-state index contributed by atoms with van der Waals surface area (Å²) in [6.45, 7) is 9.14. The molecule has 0 amide bonds. The summed E-state index contributed by atoms with van der Waals surface area (Å²) in [7, 11) is 1.66. The van der Waals surface area contributed by atoms with Crippen molar-refractivity contribution in [2.75, 3.05) is 20.2 Å². The van der Waals surface area contributed by atoms with Gasteiger partial charge in [-0.15, -0.1) is 30.6 Å². The summed E-state index contributed by atoms with van der Waals surface area (Å²) in [6.07, 6.45) is 1.75. The molecule has 1 aromatic carbocycles. The van der Waals surface area contributed by atoms with Gasteiger partial charge in [-0.1, -0.05) is 32.1 Å². The zero-order valence-electron chi connectivity index (χ0n) is 12.3. The molecule has 0 saturated heterocycles. The zero-order valence-corrected chi connectivity index (χ0v) is 14.7. The summed E-state index contributed by atoms with van der Waals surface area (Å²) in [5.74, 6) is 1.30. The summed E-state index contributed by atoms with van der Waals surface area (Å²) in [5, 5.41) is 2.96. The first kappa shape index (κ1) is 18.8. The number of rotatable bonds is 6. The minimum atomic E-state index is -0.0766. The maximum absolute atomic E-state index is 5.76. The van der Waals surface area contributed by atoms with Crippen LogP contribution in [0.2, 0.25) is 0 Å². The van der Waals surface area contributed by atoms with Crippen molar-refractivity contribution in [3.63, 3.8) is 0 Å². The summed E-state index contributed by atoms with van der Waals surface area (Å²) >= 11 is 0.